The van der Waals surface area contributed by atoms with Crippen LogP contribution >= 0.6 is 0 Å². The molecule has 9 heteroatoms. The van der Waals surface area contributed by atoms with Crippen molar-refractivity contribution in [2.45, 2.75) is 26.4 Å². The summed E-state index contributed by atoms with van der Waals surface area (Å²) in [4.78, 5) is 21.0. The lowest BCUT2D eigenvalue weighted by Crippen LogP contribution is -2.21. The number of aliphatic hydroxyl groups excluding tert-OH is 2. The number of hydrogen-bond acceptors (Lipinski definition) is 8. The molecule has 1 aromatic carbocycles. The molecule has 0 saturated carbocycles. The van der Waals surface area contributed by atoms with Gasteiger partial charge in [0, 0.05) is 11.8 Å². The van der Waals surface area contributed by atoms with E-state index in [1.54, 1.807) is 36.4 Å². The minimum absolute atomic E-state index is 0.0363. The van der Waals surface area contributed by atoms with Gasteiger partial charge in [-0.3, -0.25) is 4.98 Å². The Hall–Kier alpha value is -3.43. The van der Waals surface area contributed by atoms with E-state index in [0.29, 0.717) is 52.8 Å². The molecule has 0 bridgehead atoms. The molecule has 1 unspecified atom stereocenters. The molecule has 2 heterocycles. The first-order valence-corrected chi connectivity index (χ1v) is 9.95. The van der Waals surface area contributed by atoms with Crippen LogP contribution in [0.1, 0.15) is 29.9 Å². The molecule has 164 valence electrons. The Bertz CT molecular complexity index is 1060. The van der Waals surface area contributed by atoms with E-state index in [9.17, 15) is 15.0 Å². The van der Waals surface area contributed by atoms with Gasteiger partial charge < -0.3 is 30.1 Å². The molecule has 0 aliphatic rings. The number of fused-ring (bicyclic) bond motifs is 1. The van der Waals surface area contributed by atoms with Crippen molar-refractivity contribution in [3.05, 3.63) is 47.7 Å². The van der Waals surface area contributed by atoms with Gasteiger partial charge >= 0.3 is 5.97 Å². The van der Waals surface area contributed by atoms with Crippen LogP contribution in [-0.2, 0) is 6.42 Å². The van der Waals surface area contributed by atoms with E-state index in [-0.39, 0.29) is 18.8 Å². The molecule has 31 heavy (non-hydrogen) atoms. The molecule has 0 spiro atoms. The lowest BCUT2D eigenvalue weighted by Gasteiger charge is -2.16. The number of carboxylic acid groups (broad SMARTS) is 1. The molecule has 3 rings (SSSR count). The van der Waals surface area contributed by atoms with Crippen molar-refractivity contribution in [2.75, 3.05) is 25.1 Å². The average molecular weight is 427 g/mol. The van der Waals surface area contributed by atoms with Crippen LogP contribution in [0.2, 0.25) is 0 Å². The van der Waals surface area contributed by atoms with Gasteiger partial charge in [-0.2, -0.15) is 0 Å². The summed E-state index contributed by atoms with van der Waals surface area (Å²) < 4.78 is 10.9. The molecule has 2 aromatic heterocycles. The zero-order valence-electron chi connectivity index (χ0n) is 17.3. The Balaban J connectivity index is 2.01. The zero-order valence-corrected chi connectivity index (χ0v) is 17.3. The number of aryl methyl sites for hydroxylation is 1. The Morgan fingerprint density at radius 2 is 1.84 bits per heavy atom. The highest BCUT2D eigenvalue weighted by Crippen LogP contribution is 2.32. The number of anilines is 2. The van der Waals surface area contributed by atoms with E-state index in [1.165, 1.54) is 0 Å². The fourth-order valence-corrected chi connectivity index (χ4v) is 3.03. The van der Waals surface area contributed by atoms with E-state index in [4.69, 9.17) is 14.6 Å². The van der Waals surface area contributed by atoms with Crippen molar-refractivity contribution in [1.29, 1.82) is 0 Å². The monoisotopic (exact) mass is 427 g/mol. The molecule has 0 aliphatic carbocycles. The lowest BCUT2D eigenvalue weighted by atomic mass is 10.1. The van der Waals surface area contributed by atoms with Crippen LogP contribution in [0.15, 0.2) is 36.4 Å². The lowest BCUT2D eigenvalue weighted by molar-refractivity contribution is 0.0536. The van der Waals surface area contributed by atoms with Crippen molar-refractivity contribution in [2.24, 2.45) is 0 Å². The summed E-state index contributed by atoms with van der Waals surface area (Å²) in [5.74, 6) is -0.218. The number of pyridine rings is 2. The summed E-state index contributed by atoms with van der Waals surface area (Å²) in [6.45, 7) is 3.70. The molecule has 0 saturated heterocycles. The summed E-state index contributed by atoms with van der Waals surface area (Å²) in [7, 11) is 0. The van der Waals surface area contributed by atoms with Gasteiger partial charge in [0.05, 0.1) is 30.1 Å². The predicted molar refractivity (Wildman–Crippen MR) is 115 cm³/mol. The number of ether oxygens (including phenoxy) is 2. The summed E-state index contributed by atoms with van der Waals surface area (Å²) >= 11 is 0. The first-order chi connectivity index (χ1) is 15.0. The average Bonchev–Trinajstić information content (AvgIpc) is 2.78. The SMILES string of the molecule is CCOc1ccc2nc(CC)c(C(=O)O)c(Nc3ccc(OCC(O)CO)cc3)c2n1. The van der Waals surface area contributed by atoms with Gasteiger partial charge in [-0.25, -0.2) is 9.78 Å². The van der Waals surface area contributed by atoms with Gasteiger partial charge in [0.1, 0.15) is 29.5 Å². The van der Waals surface area contributed by atoms with E-state index in [2.05, 4.69) is 15.3 Å². The predicted octanol–water partition coefficient (Wildman–Crippen LogP) is 2.76. The summed E-state index contributed by atoms with van der Waals surface area (Å²) in [5.41, 5.74) is 2.42. The van der Waals surface area contributed by atoms with Crippen LogP contribution in [0, 0.1) is 0 Å². The Kier molecular flexibility index (Phi) is 7.22. The highest BCUT2D eigenvalue weighted by Gasteiger charge is 2.21. The van der Waals surface area contributed by atoms with E-state index >= 15 is 0 Å². The summed E-state index contributed by atoms with van der Waals surface area (Å²) in [6, 6.07) is 10.3. The number of aromatic nitrogens is 2. The number of hydrogen-bond donors (Lipinski definition) is 4. The number of aromatic carboxylic acids is 1. The largest absolute Gasteiger partial charge is 0.491 e. The first kappa shape index (κ1) is 22.3. The minimum Gasteiger partial charge on any atom is -0.491 e. The van der Waals surface area contributed by atoms with Gasteiger partial charge in [0.2, 0.25) is 5.88 Å². The van der Waals surface area contributed by atoms with Gasteiger partial charge in [-0.15, -0.1) is 0 Å². The molecule has 0 amide bonds. The molecular weight excluding hydrogens is 402 g/mol. The molecule has 0 aliphatic heterocycles. The zero-order chi connectivity index (χ0) is 22.4. The molecule has 1 atom stereocenters. The second-order valence-corrected chi connectivity index (χ2v) is 6.71. The van der Waals surface area contributed by atoms with Gasteiger partial charge in [0.15, 0.2) is 0 Å². The molecule has 3 aromatic rings. The normalized spacial score (nSPS) is 11.9. The highest BCUT2D eigenvalue weighted by atomic mass is 16.5. The van der Waals surface area contributed by atoms with Gasteiger partial charge in [-0.1, -0.05) is 6.92 Å². The van der Waals surface area contributed by atoms with Gasteiger partial charge in [-0.05, 0) is 43.7 Å². The van der Waals surface area contributed by atoms with Crippen LogP contribution in [0.5, 0.6) is 11.6 Å². The fourth-order valence-electron chi connectivity index (χ4n) is 3.03. The van der Waals surface area contributed by atoms with Gasteiger partial charge in [0.25, 0.3) is 0 Å². The highest BCUT2D eigenvalue weighted by molar-refractivity contribution is 6.05. The van der Waals surface area contributed by atoms with Crippen LogP contribution in [0.25, 0.3) is 11.0 Å². The van der Waals surface area contributed by atoms with Crippen LogP contribution in [-0.4, -0.2) is 57.2 Å². The number of nitrogens with one attached hydrogen (secondary N) is 1. The second-order valence-electron chi connectivity index (χ2n) is 6.71. The van der Waals surface area contributed by atoms with Crippen LogP contribution in [0.3, 0.4) is 0 Å². The quantitative estimate of drug-likeness (QED) is 0.385. The Labute approximate surface area is 179 Å². The Morgan fingerprint density at radius 1 is 1.10 bits per heavy atom. The third kappa shape index (κ3) is 5.19. The minimum atomic E-state index is -1.10. The number of carboxylic acids is 1. The van der Waals surface area contributed by atoms with Crippen molar-refractivity contribution in [3.63, 3.8) is 0 Å². The molecule has 4 N–H and O–H groups in total. The maximum Gasteiger partial charge on any atom is 0.339 e. The topological polar surface area (TPSA) is 134 Å². The number of benzene rings is 1. The summed E-state index contributed by atoms with van der Waals surface area (Å²) in [6.07, 6.45) is -0.517. The molecule has 0 radical (unpaired) electrons. The molecule has 0 fully saturated rings. The van der Waals surface area contributed by atoms with E-state index in [1.807, 2.05) is 13.8 Å². The number of carbonyl (C=O) groups is 1. The molecule has 9 nitrogen and oxygen atoms in total. The smallest absolute Gasteiger partial charge is 0.339 e. The maximum atomic E-state index is 12.1. The molecular formula is C22H25N3O6. The van der Waals surface area contributed by atoms with Crippen molar-refractivity contribution >= 4 is 28.4 Å². The summed E-state index contributed by atoms with van der Waals surface area (Å²) in [5, 5.41) is 31.3. The third-order valence-electron chi connectivity index (χ3n) is 4.50. The standard InChI is InChI=1S/C22H25N3O6/c1-3-16-19(22(28)29)21(20-17(24-16)9-10-18(25-20)30-4-2)23-13-5-7-15(8-6-13)31-12-14(27)11-26/h5-10,14,26-27H,3-4,11-12H2,1-2H3,(H,23,24)(H,28,29). The third-order valence-corrected chi connectivity index (χ3v) is 4.50. The number of aliphatic hydroxyl groups is 2. The van der Waals surface area contributed by atoms with E-state index in [0.717, 1.165) is 0 Å². The van der Waals surface area contributed by atoms with E-state index < -0.39 is 12.1 Å². The maximum absolute atomic E-state index is 12.1. The first-order valence-electron chi connectivity index (χ1n) is 9.95. The van der Waals surface area contributed by atoms with Crippen molar-refractivity contribution in [1.82, 2.24) is 9.97 Å². The number of rotatable bonds is 10. The van der Waals surface area contributed by atoms with Crippen LogP contribution in [0.4, 0.5) is 11.4 Å². The van der Waals surface area contributed by atoms with Crippen molar-refractivity contribution < 1.29 is 29.6 Å². The second kappa shape index (κ2) is 10.1. The van der Waals surface area contributed by atoms with Crippen molar-refractivity contribution in [3.8, 4) is 11.6 Å². The number of nitrogens with zero attached hydrogens (tertiary/aromatic N) is 2. The Morgan fingerprint density at radius 3 is 2.45 bits per heavy atom. The van der Waals surface area contributed by atoms with Crippen LogP contribution < -0.4 is 14.8 Å². The fraction of sp³-hybridized carbons (Fsp3) is 0.318.